The molecule has 8 nitrogen and oxygen atoms in total. The zero-order valence-corrected chi connectivity index (χ0v) is 16.2. The Balaban J connectivity index is 1.96. The molecule has 0 radical (unpaired) electrons. The van der Waals surface area contributed by atoms with Gasteiger partial charge in [0.2, 0.25) is 0 Å². The number of carbonyl (C=O) groups is 1. The number of hydrogen-bond donors (Lipinski definition) is 2. The van der Waals surface area contributed by atoms with Crippen LogP contribution in [-0.2, 0) is 13.1 Å². The average Bonchev–Trinajstić information content (AvgIpc) is 3.13. The van der Waals surface area contributed by atoms with Crippen LogP contribution in [0.3, 0.4) is 0 Å². The Bertz CT molecular complexity index is 1060. The van der Waals surface area contributed by atoms with Gasteiger partial charge in [-0.2, -0.15) is 10.4 Å². The molecule has 0 saturated carbocycles. The fourth-order valence-electron chi connectivity index (χ4n) is 2.85. The van der Waals surface area contributed by atoms with Crippen LogP contribution in [0.4, 0.5) is 5.69 Å². The summed E-state index contributed by atoms with van der Waals surface area (Å²) in [4.78, 5) is 16.9. The zero-order valence-electron chi connectivity index (χ0n) is 15.5. The molecule has 1 aromatic carbocycles. The molecule has 9 heteroatoms. The number of nitrogens with one attached hydrogen (secondary N) is 2. The van der Waals surface area contributed by atoms with Crippen LogP contribution in [0.1, 0.15) is 22.8 Å². The van der Waals surface area contributed by atoms with Gasteiger partial charge in [0.1, 0.15) is 12.3 Å². The molecule has 0 aliphatic heterocycles. The molecule has 0 aliphatic carbocycles. The highest BCUT2D eigenvalue weighted by Gasteiger charge is 2.18. The second-order valence-corrected chi connectivity index (χ2v) is 6.31. The number of pyridine rings is 1. The molecule has 28 heavy (non-hydrogen) atoms. The number of carbonyl (C=O) groups excluding carboxylic acids is 1. The Labute approximate surface area is 167 Å². The molecule has 144 valence electrons. The number of benzene rings is 1. The number of aryl methyl sites for hydroxylation is 1. The van der Waals surface area contributed by atoms with Crippen molar-refractivity contribution in [3.05, 3.63) is 46.7 Å². The largest absolute Gasteiger partial charge is 0.495 e. The van der Waals surface area contributed by atoms with E-state index in [1.807, 2.05) is 19.1 Å². The van der Waals surface area contributed by atoms with E-state index in [1.54, 1.807) is 30.1 Å². The molecule has 0 bridgehead atoms. The Hall–Kier alpha value is -3.31. The van der Waals surface area contributed by atoms with Gasteiger partial charge in [0.25, 0.3) is 5.91 Å². The standard InChI is InChI=1S/C19H19ClN6O2/c1-3-26-18-13(11-25-26)17(14(10-24-18)19(27)22-7-6-21)23-9-12-4-5-16(28-2)15(20)8-12/h4-5,8,10-11H,3,7,9H2,1-2H3,(H,22,27)(H,23,24). The molecule has 3 aromatic rings. The first-order valence-corrected chi connectivity index (χ1v) is 9.02. The van der Waals surface area contributed by atoms with Crippen LogP contribution in [0.15, 0.2) is 30.6 Å². The van der Waals surface area contributed by atoms with Crippen molar-refractivity contribution in [2.75, 3.05) is 19.0 Å². The number of rotatable bonds is 7. The normalized spacial score (nSPS) is 10.5. The summed E-state index contributed by atoms with van der Waals surface area (Å²) in [6, 6.07) is 7.38. The second kappa shape index (κ2) is 8.59. The minimum absolute atomic E-state index is 0.0847. The number of amides is 1. The van der Waals surface area contributed by atoms with Gasteiger partial charge in [-0.1, -0.05) is 17.7 Å². The number of anilines is 1. The van der Waals surface area contributed by atoms with Gasteiger partial charge in [-0.25, -0.2) is 9.67 Å². The molecule has 2 aromatic heterocycles. The van der Waals surface area contributed by atoms with E-state index in [0.717, 1.165) is 10.9 Å². The van der Waals surface area contributed by atoms with Crippen molar-refractivity contribution in [1.29, 1.82) is 5.26 Å². The Morgan fingerprint density at radius 1 is 1.39 bits per heavy atom. The second-order valence-electron chi connectivity index (χ2n) is 5.91. The third-order valence-corrected chi connectivity index (χ3v) is 4.52. The SMILES string of the molecule is CCn1ncc2c(NCc3ccc(OC)c(Cl)c3)c(C(=O)NCC#N)cnc21. The number of nitrogens with zero attached hydrogens (tertiary/aromatic N) is 4. The number of aromatic nitrogens is 3. The van der Waals surface area contributed by atoms with Crippen molar-refractivity contribution in [3.8, 4) is 11.8 Å². The first-order chi connectivity index (χ1) is 13.6. The van der Waals surface area contributed by atoms with E-state index < -0.39 is 0 Å². The lowest BCUT2D eigenvalue weighted by Gasteiger charge is -2.13. The number of halogens is 1. The average molecular weight is 399 g/mol. The summed E-state index contributed by atoms with van der Waals surface area (Å²) in [5, 5.41) is 20.1. The highest BCUT2D eigenvalue weighted by atomic mass is 35.5. The maximum absolute atomic E-state index is 12.5. The molecule has 0 saturated heterocycles. The van der Waals surface area contributed by atoms with Crippen molar-refractivity contribution >= 4 is 34.2 Å². The topological polar surface area (TPSA) is 105 Å². The molecule has 2 N–H and O–H groups in total. The molecule has 3 rings (SSSR count). The first kappa shape index (κ1) is 19.5. The van der Waals surface area contributed by atoms with Gasteiger partial charge in [-0.15, -0.1) is 0 Å². The van der Waals surface area contributed by atoms with E-state index >= 15 is 0 Å². The van der Waals surface area contributed by atoms with Gasteiger partial charge in [0, 0.05) is 19.3 Å². The minimum Gasteiger partial charge on any atom is -0.495 e. The smallest absolute Gasteiger partial charge is 0.255 e. The van der Waals surface area contributed by atoms with Crippen LogP contribution < -0.4 is 15.4 Å². The number of fused-ring (bicyclic) bond motifs is 1. The van der Waals surface area contributed by atoms with Crippen molar-refractivity contribution in [2.24, 2.45) is 0 Å². The van der Waals surface area contributed by atoms with Crippen molar-refractivity contribution < 1.29 is 9.53 Å². The van der Waals surface area contributed by atoms with Crippen LogP contribution in [0, 0.1) is 11.3 Å². The van der Waals surface area contributed by atoms with E-state index in [9.17, 15) is 4.79 Å². The first-order valence-electron chi connectivity index (χ1n) is 8.65. The van der Waals surface area contributed by atoms with Gasteiger partial charge in [0.15, 0.2) is 5.65 Å². The summed E-state index contributed by atoms with van der Waals surface area (Å²) >= 11 is 6.20. The summed E-state index contributed by atoms with van der Waals surface area (Å²) < 4.78 is 6.92. The molecule has 2 heterocycles. The van der Waals surface area contributed by atoms with Crippen LogP contribution in [0.25, 0.3) is 11.0 Å². The molecular formula is C19H19ClN6O2. The fraction of sp³-hybridized carbons (Fsp3) is 0.263. The number of methoxy groups -OCH3 is 1. The summed E-state index contributed by atoms with van der Waals surface area (Å²) in [6.07, 6.45) is 3.17. The van der Waals surface area contributed by atoms with Crippen molar-refractivity contribution in [2.45, 2.75) is 20.0 Å². The lowest BCUT2D eigenvalue weighted by Crippen LogP contribution is -2.25. The van der Waals surface area contributed by atoms with Gasteiger partial charge in [-0.3, -0.25) is 4.79 Å². The summed E-state index contributed by atoms with van der Waals surface area (Å²) in [6.45, 7) is 2.97. The molecule has 0 fully saturated rings. The highest BCUT2D eigenvalue weighted by Crippen LogP contribution is 2.28. The summed E-state index contributed by atoms with van der Waals surface area (Å²) in [5.41, 5.74) is 2.54. The predicted molar refractivity (Wildman–Crippen MR) is 106 cm³/mol. The molecule has 0 atom stereocenters. The van der Waals surface area contributed by atoms with E-state index in [-0.39, 0.29) is 12.5 Å². The van der Waals surface area contributed by atoms with Gasteiger partial charge < -0.3 is 15.4 Å². The van der Waals surface area contributed by atoms with E-state index in [0.29, 0.717) is 40.8 Å². The fourth-order valence-corrected chi connectivity index (χ4v) is 3.13. The third kappa shape index (κ3) is 3.85. The number of hydrogen-bond acceptors (Lipinski definition) is 6. The van der Waals surface area contributed by atoms with Crippen molar-refractivity contribution in [1.82, 2.24) is 20.1 Å². The predicted octanol–water partition coefficient (Wildman–Crippen LogP) is 2.98. The quantitative estimate of drug-likeness (QED) is 0.593. The highest BCUT2D eigenvalue weighted by molar-refractivity contribution is 6.32. The Morgan fingerprint density at radius 3 is 2.89 bits per heavy atom. The molecular weight excluding hydrogens is 380 g/mol. The van der Waals surface area contributed by atoms with Crippen molar-refractivity contribution in [3.63, 3.8) is 0 Å². The molecule has 0 spiro atoms. The summed E-state index contributed by atoms with van der Waals surface area (Å²) in [7, 11) is 1.56. The monoisotopic (exact) mass is 398 g/mol. The third-order valence-electron chi connectivity index (χ3n) is 4.22. The Kier molecular flexibility index (Phi) is 5.96. The maximum Gasteiger partial charge on any atom is 0.255 e. The van der Waals surface area contributed by atoms with Gasteiger partial charge in [-0.05, 0) is 24.6 Å². The lowest BCUT2D eigenvalue weighted by molar-refractivity contribution is 0.0959. The van der Waals surface area contributed by atoms with Crippen LogP contribution in [0.2, 0.25) is 5.02 Å². The number of nitriles is 1. The molecule has 0 aliphatic rings. The lowest BCUT2D eigenvalue weighted by atomic mass is 10.1. The maximum atomic E-state index is 12.5. The molecule has 0 unspecified atom stereocenters. The van der Waals surface area contributed by atoms with Crippen LogP contribution in [0.5, 0.6) is 5.75 Å². The summed E-state index contributed by atoms with van der Waals surface area (Å²) in [5.74, 6) is 0.216. The van der Waals surface area contributed by atoms with Crippen LogP contribution in [-0.4, -0.2) is 34.3 Å². The van der Waals surface area contributed by atoms with Crippen LogP contribution >= 0.6 is 11.6 Å². The van der Waals surface area contributed by atoms with E-state index in [2.05, 4.69) is 20.7 Å². The zero-order chi connectivity index (χ0) is 20.1. The van der Waals surface area contributed by atoms with E-state index in [4.69, 9.17) is 21.6 Å². The molecule has 1 amide bonds. The van der Waals surface area contributed by atoms with Gasteiger partial charge >= 0.3 is 0 Å². The Morgan fingerprint density at radius 2 is 2.21 bits per heavy atom. The minimum atomic E-state index is -0.379. The van der Waals surface area contributed by atoms with Gasteiger partial charge in [0.05, 0.1) is 41.0 Å². The van der Waals surface area contributed by atoms with E-state index in [1.165, 1.54) is 6.20 Å². The number of ether oxygens (including phenoxy) is 1.